The van der Waals surface area contributed by atoms with Crippen LogP contribution in [-0.4, -0.2) is 12.9 Å². The molecule has 0 N–H and O–H groups in total. The lowest BCUT2D eigenvalue weighted by Gasteiger charge is -2.24. The van der Waals surface area contributed by atoms with Gasteiger partial charge in [0.25, 0.3) is 0 Å². The second-order valence-electron chi connectivity index (χ2n) is 4.63. The Labute approximate surface area is 110 Å². The average Bonchev–Trinajstić information content (AvgIpc) is 2.97. The SMILES string of the molecule is O=C=NC1(c2cc(Cl)cc3c2OCO3)CCCC1. The molecule has 1 aromatic rings. The maximum atomic E-state index is 10.7. The fraction of sp³-hybridized carbons (Fsp3) is 0.462. The van der Waals surface area contributed by atoms with Crippen LogP contribution in [0.4, 0.5) is 0 Å². The molecule has 94 valence electrons. The summed E-state index contributed by atoms with van der Waals surface area (Å²) in [5.41, 5.74) is 0.313. The smallest absolute Gasteiger partial charge is 0.235 e. The van der Waals surface area contributed by atoms with Crippen molar-refractivity contribution in [2.24, 2.45) is 4.99 Å². The number of fused-ring (bicyclic) bond motifs is 1. The normalized spacial score (nSPS) is 19.6. The van der Waals surface area contributed by atoms with E-state index in [1.165, 1.54) is 0 Å². The lowest BCUT2D eigenvalue weighted by atomic mass is 9.88. The van der Waals surface area contributed by atoms with Crippen LogP contribution in [0.2, 0.25) is 5.02 Å². The first-order valence-corrected chi connectivity index (χ1v) is 6.32. The topological polar surface area (TPSA) is 47.9 Å². The Morgan fingerprint density at radius 1 is 1.28 bits per heavy atom. The van der Waals surface area contributed by atoms with Crippen molar-refractivity contribution in [3.8, 4) is 11.5 Å². The third-order valence-electron chi connectivity index (χ3n) is 3.63. The van der Waals surface area contributed by atoms with Gasteiger partial charge in [-0.2, -0.15) is 4.99 Å². The zero-order chi connectivity index (χ0) is 12.6. The van der Waals surface area contributed by atoms with Gasteiger partial charge in [-0.05, 0) is 18.9 Å². The highest BCUT2D eigenvalue weighted by Crippen LogP contribution is 2.50. The van der Waals surface area contributed by atoms with Gasteiger partial charge in [0.1, 0.15) is 5.54 Å². The van der Waals surface area contributed by atoms with Crippen LogP contribution in [-0.2, 0) is 10.3 Å². The highest BCUT2D eigenvalue weighted by Gasteiger charge is 2.40. The van der Waals surface area contributed by atoms with Crippen molar-refractivity contribution in [2.75, 3.05) is 6.79 Å². The maximum Gasteiger partial charge on any atom is 0.235 e. The first-order chi connectivity index (χ1) is 8.75. The van der Waals surface area contributed by atoms with Crippen LogP contribution in [0.5, 0.6) is 11.5 Å². The molecule has 1 aromatic carbocycles. The van der Waals surface area contributed by atoms with Crippen LogP contribution in [0.1, 0.15) is 31.2 Å². The number of rotatable bonds is 2. The van der Waals surface area contributed by atoms with Crippen molar-refractivity contribution in [3.63, 3.8) is 0 Å². The van der Waals surface area contributed by atoms with E-state index in [1.807, 2.05) is 6.07 Å². The lowest BCUT2D eigenvalue weighted by Crippen LogP contribution is -2.19. The molecule has 0 unspecified atom stereocenters. The van der Waals surface area contributed by atoms with E-state index >= 15 is 0 Å². The molecule has 0 bridgehead atoms. The maximum absolute atomic E-state index is 10.7. The highest BCUT2D eigenvalue weighted by atomic mass is 35.5. The molecule has 1 aliphatic heterocycles. The fourth-order valence-electron chi connectivity index (χ4n) is 2.81. The minimum absolute atomic E-state index is 0.184. The minimum atomic E-state index is -0.537. The van der Waals surface area contributed by atoms with Gasteiger partial charge in [-0.1, -0.05) is 24.4 Å². The molecule has 1 aliphatic carbocycles. The monoisotopic (exact) mass is 265 g/mol. The summed E-state index contributed by atoms with van der Waals surface area (Å²) in [6.07, 6.45) is 5.40. The van der Waals surface area contributed by atoms with Gasteiger partial charge in [-0.25, -0.2) is 4.79 Å². The number of halogens is 1. The number of carbonyl (C=O) groups excluding carboxylic acids is 1. The molecule has 2 aliphatic rings. The Hall–Kier alpha value is -1.51. The van der Waals surface area contributed by atoms with Gasteiger partial charge in [-0.15, -0.1) is 0 Å². The number of ether oxygens (including phenoxy) is 2. The first-order valence-electron chi connectivity index (χ1n) is 5.94. The van der Waals surface area contributed by atoms with E-state index in [-0.39, 0.29) is 6.79 Å². The van der Waals surface area contributed by atoms with Crippen molar-refractivity contribution in [1.82, 2.24) is 0 Å². The number of hydrogen-bond donors (Lipinski definition) is 0. The zero-order valence-corrected chi connectivity index (χ0v) is 10.5. The molecule has 3 rings (SSSR count). The van der Waals surface area contributed by atoms with Crippen LogP contribution in [0.15, 0.2) is 17.1 Å². The predicted molar refractivity (Wildman–Crippen MR) is 65.8 cm³/mol. The Bertz CT molecular complexity index is 531. The van der Waals surface area contributed by atoms with Gasteiger partial charge in [0.05, 0.1) is 0 Å². The molecular formula is C13H12ClNO3. The Balaban J connectivity index is 2.18. The van der Waals surface area contributed by atoms with Crippen molar-refractivity contribution < 1.29 is 14.3 Å². The molecular weight excluding hydrogens is 254 g/mol. The summed E-state index contributed by atoms with van der Waals surface area (Å²) >= 11 is 6.09. The summed E-state index contributed by atoms with van der Waals surface area (Å²) in [6.45, 7) is 0.184. The average molecular weight is 266 g/mol. The zero-order valence-electron chi connectivity index (χ0n) is 9.74. The van der Waals surface area contributed by atoms with Crippen LogP contribution in [0.25, 0.3) is 0 Å². The Morgan fingerprint density at radius 2 is 2.06 bits per heavy atom. The largest absolute Gasteiger partial charge is 0.454 e. The standard InChI is InChI=1S/C13H12ClNO3/c14-9-5-10(12-11(6-9)17-8-18-12)13(15-7-16)3-1-2-4-13/h5-6H,1-4,8H2. The van der Waals surface area contributed by atoms with E-state index in [2.05, 4.69) is 4.99 Å². The molecule has 0 saturated heterocycles. The number of aliphatic imine (C=N–C) groups is 1. The van der Waals surface area contributed by atoms with Crippen LogP contribution in [0, 0.1) is 0 Å². The van der Waals surface area contributed by atoms with E-state index < -0.39 is 5.54 Å². The summed E-state index contributed by atoms with van der Waals surface area (Å²) in [7, 11) is 0. The number of benzene rings is 1. The molecule has 1 fully saturated rings. The molecule has 5 heteroatoms. The lowest BCUT2D eigenvalue weighted by molar-refractivity contribution is 0.172. The molecule has 1 saturated carbocycles. The summed E-state index contributed by atoms with van der Waals surface area (Å²) in [6, 6.07) is 3.54. The minimum Gasteiger partial charge on any atom is -0.454 e. The van der Waals surface area contributed by atoms with Crippen LogP contribution >= 0.6 is 11.6 Å². The molecule has 0 amide bonds. The molecule has 0 aromatic heterocycles. The predicted octanol–water partition coefficient (Wildman–Crippen LogP) is 3.17. The van der Waals surface area contributed by atoms with Crippen LogP contribution < -0.4 is 9.47 Å². The van der Waals surface area contributed by atoms with Gasteiger partial charge in [0.15, 0.2) is 11.5 Å². The van der Waals surface area contributed by atoms with E-state index in [1.54, 1.807) is 12.1 Å². The molecule has 4 nitrogen and oxygen atoms in total. The second kappa shape index (κ2) is 4.30. The molecule has 0 atom stereocenters. The quantitative estimate of drug-likeness (QED) is 0.609. The molecule has 0 spiro atoms. The summed E-state index contributed by atoms with van der Waals surface area (Å²) in [5, 5.41) is 0.571. The molecule has 1 heterocycles. The number of isocyanates is 1. The highest BCUT2D eigenvalue weighted by molar-refractivity contribution is 6.30. The van der Waals surface area contributed by atoms with Crippen molar-refractivity contribution >= 4 is 17.7 Å². The van der Waals surface area contributed by atoms with Gasteiger partial charge in [0, 0.05) is 16.7 Å². The third-order valence-corrected chi connectivity index (χ3v) is 3.85. The number of nitrogens with zero attached hydrogens (tertiary/aromatic N) is 1. The first kappa shape index (κ1) is 11.6. The van der Waals surface area contributed by atoms with Crippen molar-refractivity contribution in [1.29, 1.82) is 0 Å². The van der Waals surface area contributed by atoms with Crippen LogP contribution in [0.3, 0.4) is 0 Å². The van der Waals surface area contributed by atoms with E-state index in [0.717, 1.165) is 31.2 Å². The van der Waals surface area contributed by atoms with Crippen molar-refractivity contribution in [3.05, 3.63) is 22.7 Å². The summed E-state index contributed by atoms with van der Waals surface area (Å²) in [5.74, 6) is 1.30. The van der Waals surface area contributed by atoms with Crippen molar-refractivity contribution in [2.45, 2.75) is 31.2 Å². The van der Waals surface area contributed by atoms with E-state index in [0.29, 0.717) is 16.5 Å². The van der Waals surface area contributed by atoms with Gasteiger partial charge >= 0.3 is 0 Å². The Kier molecular flexibility index (Phi) is 2.77. The van der Waals surface area contributed by atoms with E-state index in [4.69, 9.17) is 21.1 Å². The third kappa shape index (κ3) is 1.69. The summed E-state index contributed by atoms with van der Waals surface area (Å²) in [4.78, 5) is 14.8. The van der Waals surface area contributed by atoms with Gasteiger partial charge in [0.2, 0.25) is 12.9 Å². The molecule has 0 radical (unpaired) electrons. The summed E-state index contributed by atoms with van der Waals surface area (Å²) < 4.78 is 10.9. The molecule has 18 heavy (non-hydrogen) atoms. The second-order valence-corrected chi connectivity index (χ2v) is 5.07. The fourth-order valence-corrected chi connectivity index (χ4v) is 3.02. The number of hydrogen-bond acceptors (Lipinski definition) is 4. The van der Waals surface area contributed by atoms with Gasteiger partial charge < -0.3 is 9.47 Å². The Morgan fingerprint density at radius 3 is 2.78 bits per heavy atom. The van der Waals surface area contributed by atoms with Gasteiger partial charge in [-0.3, -0.25) is 0 Å². The van der Waals surface area contributed by atoms with E-state index in [9.17, 15) is 4.79 Å².